The van der Waals surface area contributed by atoms with Gasteiger partial charge in [-0.3, -0.25) is 0 Å². The molecule has 1 fully saturated rings. The second kappa shape index (κ2) is 3.69. The van der Waals surface area contributed by atoms with Crippen molar-refractivity contribution in [3.8, 4) is 0 Å². The zero-order valence-electron chi connectivity index (χ0n) is 6.95. The maximum Gasteiger partial charge on any atom is 0.216 e. The van der Waals surface area contributed by atoms with E-state index < -0.39 is 16.3 Å². The normalized spacial score (nSPS) is 20.8. The quantitative estimate of drug-likeness (QED) is 0.471. The molecule has 1 unspecified atom stereocenters. The summed E-state index contributed by atoms with van der Waals surface area (Å²) in [6, 6.07) is 0. The molecule has 1 aliphatic carbocycles. The Morgan fingerprint density at radius 3 is 2.58 bits per heavy atom. The van der Waals surface area contributed by atoms with E-state index >= 15 is 0 Å². The van der Waals surface area contributed by atoms with Gasteiger partial charge in [0.05, 0.1) is 5.25 Å². The third-order valence-electron chi connectivity index (χ3n) is 1.66. The minimum absolute atomic E-state index is 0.228. The largest absolute Gasteiger partial charge is 0.376 e. The molecule has 6 heteroatoms. The molecule has 1 rings (SSSR count). The third kappa shape index (κ3) is 2.71. The highest BCUT2D eigenvalue weighted by Crippen LogP contribution is 2.27. The van der Waals surface area contributed by atoms with Gasteiger partial charge in [0.1, 0.15) is 6.23 Å². The minimum Gasteiger partial charge on any atom is -0.376 e. The van der Waals surface area contributed by atoms with Crippen LogP contribution < -0.4 is 10.0 Å². The van der Waals surface area contributed by atoms with Gasteiger partial charge in [-0.1, -0.05) is 0 Å². The molecule has 0 amide bonds. The Labute approximate surface area is 72.2 Å². The first-order chi connectivity index (χ1) is 5.56. The molecule has 0 aromatic heterocycles. The van der Waals surface area contributed by atoms with E-state index in [1.165, 1.54) is 0 Å². The van der Waals surface area contributed by atoms with Crippen LogP contribution in [0.1, 0.15) is 12.8 Å². The highest BCUT2D eigenvalue weighted by atomic mass is 32.2. The summed E-state index contributed by atoms with van der Waals surface area (Å²) in [5.41, 5.74) is 0. The van der Waals surface area contributed by atoms with Gasteiger partial charge in [-0.15, -0.1) is 0 Å². The highest BCUT2D eigenvalue weighted by molar-refractivity contribution is 7.90. The fraction of sp³-hybridized carbons (Fsp3) is 1.00. The Kier molecular flexibility index (Phi) is 3.05. The van der Waals surface area contributed by atoms with Crippen LogP contribution in [-0.4, -0.2) is 38.6 Å². The molecule has 0 radical (unpaired) electrons. The summed E-state index contributed by atoms with van der Waals surface area (Å²) in [6.45, 7) is 0.228. The molecule has 0 aliphatic heterocycles. The highest BCUT2D eigenvalue weighted by Gasteiger charge is 2.36. The second-order valence-electron chi connectivity index (χ2n) is 2.94. The van der Waals surface area contributed by atoms with Gasteiger partial charge in [-0.2, -0.15) is 4.72 Å². The number of rotatable bonds is 5. The van der Waals surface area contributed by atoms with Crippen LogP contribution in [-0.2, 0) is 10.0 Å². The van der Waals surface area contributed by atoms with Crippen LogP contribution in [0.25, 0.3) is 0 Å². The maximum atomic E-state index is 11.2. The lowest BCUT2D eigenvalue weighted by Gasteiger charge is -2.11. The summed E-state index contributed by atoms with van der Waals surface area (Å²) < 4.78 is 24.5. The van der Waals surface area contributed by atoms with Gasteiger partial charge in [0.25, 0.3) is 0 Å². The van der Waals surface area contributed by atoms with Crippen molar-refractivity contribution in [2.75, 3.05) is 13.6 Å². The summed E-state index contributed by atoms with van der Waals surface area (Å²) in [4.78, 5) is 0. The predicted molar refractivity (Wildman–Crippen MR) is 45.0 cm³/mol. The third-order valence-corrected chi connectivity index (χ3v) is 3.61. The zero-order chi connectivity index (χ0) is 9.19. The lowest BCUT2D eigenvalue weighted by Crippen LogP contribution is -2.42. The van der Waals surface area contributed by atoms with Gasteiger partial charge >= 0.3 is 0 Å². The molecule has 1 aliphatic rings. The molecule has 12 heavy (non-hydrogen) atoms. The van der Waals surface area contributed by atoms with Crippen molar-refractivity contribution >= 4 is 10.0 Å². The van der Waals surface area contributed by atoms with Crippen molar-refractivity contribution in [3.05, 3.63) is 0 Å². The molecular formula is C6H14N2O3S. The Hall–Kier alpha value is -0.170. The molecule has 5 nitrogen and oxygen atoms in total. The SMILES string of the molecule is CNCC(O)NS(=O)(=O)C1CC1. The number of likely N-dealkylation sites (N-methyl/N-ethyl adjacent to an activating group) is 1. The van der Waals surface area contributed by atoms with E-state index in [4.69, 9.17) is 5.11 Å². The summed E-state index contributed by atoms with van der Waals surface area (Å²) >= 11 is 0. The molecular weight excluding hydrogens is 180 g/mol. The van der Waals surface area contributed by atoms with Gasteiger partial charge in [0, 0.05) is 6.54 Å². The molecule has 0 aromatic carbocycles. The van der Waals surface area contributed by atoms with Crippen molar-refractivity contribution in [2.45, 2.75) is 24.3 Å². The van der Waals surface area contributed by atoms with E-state index in [1.807, 2.05) is 0 Å². The Morgan fingerprint density at radius 2 is 2.17 bits per heavy atom. The van der Waals surface area contributed by atoms with Crippen LogP contribution in [0.5, 0.6) is 0 Å². The van der Waals surface area contributed by atoms with Crippen LogP contribution in [0.4, 0.5) is 0 Å². The lowest BCUT2D eigenvalue weighted by atomic mass is 10.6. The average Bonchev–Trinajstić information content (AvgIpc) is 2.65. The molecule has 1 saturated carbocycles. The summed E-state index contributed by atoms with van der Waals surface area (Å²) in [7, 11) is -1.60. The average molecular weight is 194 g/mol. The van der Waals surface area contributed by atoms with E-state index in [1.54, 1.807) is 7.05 Å². The minimum atomic E-state index is -3.25. The Bertz CT molecular complexity index is 235. The first-order valence-electron chi connectivity index (χ1n) is 3.90. The van der Waals surface area contributed by atoms with Crippen molar-refractivity contribution in [2.24, 2.45) is 0 Å². The molecule has 0 heterocycles. The van der Waals surface area contributed by atoms with Crippen LogP contribution in [0, 0.1) is 0 Å². The van der Waals surface area contributed by atoms with Gasteiger partial charge < -0.3 is 10.4 Å². The van der Waals surface area contributed by atoms with Crippen LogP contribution in [0.3, 0.4) is 0 Å². The number of nitrogens with one attached hydrogen (secondary N) is 2. The molecule has 72 valence electrons. The van der Waals surface area contributed by atoms with Gasteiger partial charge in [-0.25, -0.2) is 8.42 Å². The first kappa shape index (κ1) is 9.91. The van der Waals surface area contributed by atoms with E-state index in [0.717, 1.165) is 0 Å². The van der Waals surface area contributed by atoms with Crippen molar-refractivity contribution < 1.29 is 13.5 Å². The van der Waals surface area contributed by atoms with Crippen LogP contribution in [0.2, 0.25) is 0 Å². The topological polar surface area (TPSA) is 78.4 Å². The smallest absolute Gasteiger partial charge is 0.216 e. The van der Waals surface area contributed by atoms with E-state index in [9.17, 15) is 8.42 Å². The standard InChI is InChI=1S/C6H14N2O3S/c1-7-4-6(9)8-12(10,11)5-2-3-5/h5-9H,2-4H2,1H3. The van der Waals surface area contributed by atoms with Crippen molar-refractivity contribution in [1.82, 2.24) is 10.0 Å². The summed E-state index contributed by atoms with van der Waals surface area (Å²) in [5.74, 6) is 0. The van der Waals surface area contributed by atoms with Crippen LogP contribution in [0.15, 0.2) is 0 Å². The van der Waals surface area contributed by atoms with E-state index in [2.05, 4.69) is 10.0 Å². The van der Waals surface area contributed by atoms with Gasteiger partial charge in [0.2, 0.25) is 10.0 Å². The molecule has 3 N–H and O–H groups in total. The number of sulfonamides is 1. The van der Waals surface area contributed by atoms with E-state index in [-0.39, 0.29) is 11.8 Å². The molecule has 1 atom stereocenters. The summed E-state index contributed by atoms with van der Waals surface area (Å²) in [5, 5.41) is 11.5. The number of hydrogen-bond donors (Lipinski definition) is 3. The zero-order valence-corrected chi connectivity index (χ0v) is 7.76. The van der Waals surface area contributed by atoms with Gasteiger partial charge in [-0.05, 0) is 19.9 Å². The Morgan fingerprint density at radius 1 is 1.58 bits per heavy atom. The fourth-order valence-corrected chi connectivity index (χ4v) is 2.31. The number of aliphatic hydroxyl groups excluding tert-OH is 1. The fourth-order valence-electron chi connectivity index (χ4n) is 0.899. The molecule has 0 spiro atoms. The number of hydrogen-bond acceptors (Lipinski definition) is 4. The molecule has 0 aromatic rings. The Balaban J connectivity index is 2.38. The maximum absolute atomic E-state index is 11.2. The predicted octanol–water partition coefficient (Wildman–Crippen LogP) is -1.39. The second-order valence-corrected chi connectivity index (χ2v) is 4.93. The van der Waals surface area contributed by atoms with E-state index in [0.29, 0.717) is 12.8 Å². The van der Waals surface area contributed by atoms with Crippen molar-refractivity contribution in [1.29, 1.82) is 0 Å². The lowest BCUT2D eigenvalue weighted by molar-refractivity contribution is 0.163. The summed E-state index contributed by atoms with van der Waals surface area (Å²) in [6.07, 6.45) is 0.407. The molecule has 0 bridgehead atoms. The monoisotopic (exact) mass is 194 g/mol. The van der Waals surface area contributed by atoms with Crippen LogP contribution >= 0.6 is 0 Å². The molecule has 0 saturated heterocycles. The van der Waals surface area contributed by atoms with Crippen molar-refractivity contribution in [3.63, 3.8) is 0 Å². The first-order valence-corrected chi connectivity index (χ1v) is 5.44. The number of aliphatic hydroxyl groups is 1. The van der Waals surface area contributed by atoms with Gasteiger partial charge in [0.15, 0.2) is 0 Å².